The van der Waals surface area contributed by atoms with Crippen molar-refractivity contribution in [3.05, 3.63) is 51.7 Å². The zero-order valence-corrected chi connectivity index (χ0v) is 13.2. The Morgan fingerprint density at radius 3 is 2.83 bits per heavy atom. The first-order valence-corrected chi connectivity index (χ1v) is 7.42. The fourth-order valence-corrected chi connectivity index (χ4v) is 2.50. The van der Waals surface area contributed by atoms with Gasteiger partial charge in [0.1, 0.15) is 29.3 Å². The Balaban J connectivity index is 1.93. The van der Waals surface area contributed by atoms with E-state index in [9.17, 15) is 9.59 Å². The van der Waals surface area contributed by atoms with Gasteiger partial charge in [0.25, 0.3) is 5.56 Å². The summed E-state index contributed by atoms with van der Waals surface area (Å²) < 4.78 is 7.12. The molecule has 8 heteroatoms. The van der Waals surface area contributed by atoms with Crippen LogP contribution in [0.25, 0.3) is 11.0 Å². The molecule has 0 saturated heterocycles. The zero-order valence-electron chi connectivity index (χ0n) is 13.2. The number of aromatic carboxylic acids is 1. The summed E-state index contributed by atoms with van der Waals surface area (Å²) in [6.07, 6.45) is 0. The summed E-state index contributed by atoms with van der Waals surface area (Å²) in [4.78, 5) is 30.5. The van der Waals surface area contributed by atoms with Gasteiger partial charge in [-0.05, 0) is 26.0 Å². The van der Waals surface area contributed by atoms with Gasteiger partial charge in [0, 0.05) is 6.54 Å². The summed E-state index contributed by atoms with van der Waals surface area (Å²) >= 11 is 0. The van der Waals surface area contributed by atoms with Crippen LogP contribution in [0, 0.1) is 6.92 Å². The molecule has 0 aliphatic heterocycles. The van der Waals surface area contributed by atoms with Gasteiger partial charge in [-0.2, -0.15) is 5.10 Å². The van der Waals surface area contributed by atoms with E-state index in [0.29, 0.717) is 29.1 Å². The average Bonchev–Trinajstić information content (AvgIpc) is 2.90. The lowest BCUT2D eigenvalue weighted by molar-refractivity contribution is 0.0691. The number of rotatable bonds is 5. The van der Waals surface area contributed by atoms with E-state index < -0.39 is 5.97 Å². The number of hydrogen-bond donors (Lipinski definition) is 2. The minimum absolute atomic E-state index is 0.0494. The second-order valence-electron chi connectivity index (χ2n) is 5.20. The van der Waals surface area contributed by atoms with Gasteiger partial charge in [0.05, 0.1) is 5.69 Å². The number of carbonyl (C=O) groups is 1. The van der Waals surface area contributed by atoms with Crippen LogP contribution in [0.4, 0.5) is 0 Å². The highest BCUT2D eigenvalue weighted by Crippen LogP contribution is 2.19. The van der Waals surface area contributed by atoms with Crippen molar-refractivity contribution < 1.29 is 14.6 Å². The van der Waals surface area contributed by atoms with E-state index in [2.05, 4.69) is 15.1 Å². The van der Waals surface area contributed by atoms with Gasteiger partial charge in [0.2, 0.25) is 0 Å². The molecule has 0 aliphatic rings. The van der Waals surface area contributed by atoms with Crippen molar-refractivity contribution >= 4 is 17.0 Å². The molecular weight excluding hydrogens is 312 g/mol. The Morgan fingerprint density at radius 1 is 1.38 bits per heavy atom. The second kappa shape index (κ2) is 6.15. The molecule has 0 bridgehead atoms. The lowest BCUT2D eigenvalue weighted by Gasteiger charge is -2.08. The molecule has 124 valence electrons. The fraction of sp³-hybridized carbons (Fsp3) is 0.250. The van der Waals surface area contributed by atoms with Crippen molar-refractivity contribution in [2.75, 3.05) is 0 Å². The van der Waals surface area contributed by atoms with E-state index in [1.54, 1.807) is 29.8 Å². The molecule has 0 unspecified atom stereocenters. The van der Waals surface area contributed by atoms with E-state index >= 15 is 0 Å². The molecule has 24 heavy (non-hydrogen) atoms. The van der Waals surface area contributed by atoms with Gasteiger partial charge < -0.3 is 14.8 Å². The van der Waals surface area contributed by atoms with Crippen LogP contribution in [0.5, 0.6) is 5.75 Å². The summed E-state index contributed by atoms with van der Waals surface area (Å²) in [5.74, 6) is -0.553. The number of carboxylic acid groups (broad SMARTS) is 1. The number of carboxylic acids is 1. The van der Waals surface area contributed by atoms with Crippen molar-refractivity contribution in [1.29, 1.82) is 0 Å². The number of aromatic nitrogens is 4. The van der Waals surface area contributed by atoms with Crippen molar-refractivity contribution in [3.8, 4) is 5.75 Å². The number of H-pyrrole nitrogens is 1. The molecular formula is C16H16N4O4. The maximum absolute atomic E-state index is 12.3. The number of fused-ring (bicyclic) bond motifs is 1. The fourth-order valence-electron chi connectivity index (χ4n) is 2.50. The SMILES string of the molecule is CCn1nc(C)c2nc(COc3ccccc3C(=O)O)[nH]c(=O)c21. The molecule has 1 aromatic carbocycles. The van der Waals surface area contributed by atoms with Crippen molar-refractivity contribution in [3.63, 3.8) is 0 Å². The topological polar surface area (TPSA) is 110 Å². The quantitative estimate of drug-likeness (QED) is 0.738. The second-order valence-corrected chi connectivity index (χ2v) is 5.20. The number of benzene rings is 1. The van der Waals surface area contributed by atoms with Crippen LogP contribution in [0.3, 0.4) is 0 Å². The van der Waals surface area contributed by atoms with Gasteiger partial charge in [0.15, 0.2) is 5.52 Å². The highest BCUT2D eigenvalue weighted by atomic mass is 16.5. The largest absolute Gasteiger partial charge is 0.485 e. The minimum atomic E-state index is -1.08. The van der Waals surface area contributed by atoms with Crippen LogP contribution in [0.2, 0.25) is 0 Å². The molecule has 0 fully saturated rings. The molecule has 0 spiro atoms. The molecule has 0 saturated carbocycles. The van der Waals surface area contributed by atoms with Gasteiger partial charge in [-0.25, -0.2) is 9.78 Å². The molecule has 3 aromatic rings. The van der Waals surface area contributed by atoms with E-state index in [4.69, 9.17) is 9.84 Å². The van der Waals surface area contributed by atoms with Gasteiger partial charge in [-0.15, -0.1) is 0 Å². The number of aromatic amines is 1. The Kier molecular flexibility index (Phi) is 4.03. The summed E-state index contributed by atoms with van der Waals surface area (Å²) in [5.41, 5.74) is 1.35. The van der Waals surface area contributed by atoms with Gasteiger partial charge in [-0.3, -0.25) is 9.48 Å². The molecule has 8 nitrogen and oxygen atoms in total. The number of nitrogens with zero attached hydrogens (tertiary/aromatic N) is 3. The molecule has 0 amide bonds. The summed E-state index contributed by atoms with van der Waals surface area (Å²) in [7, 11) is 0. The van der Waals surface area contributed by atoms with Crippen LogP contribution in [0.15, 0.2) is 29.1 Å². The third-order valence-corrected chi connectivity index (χ3v) is 3.60. The predicted octanol–water partition coefficient (Wildman–Crippen LogP) is 1.73. The standard InChI is InChI=1S/C16H16N4O4/c1-3-20-14-13(9(2)19-20)17-12(18-15(14)21)8-24-11-7-5-4-6-10(11)16(22)23/h4-7H,3,8H2,1-2H3,(H,22,23)(H,17,18,21). The average molecular weight is 328 g/mol. The monoisotopic (exact) mass is 328 g/mol. The van der Waals surface area contributed by atoms with E-state index in [-0.39, 0.29) is 23.5 Å². The number of nitrogens with one attached hydrogen (secondary N) is 1. The number of ether oxygens (including phenoxy) is 1. The van der Waals surface area contributed by atoms with Crippen LogP contribution >= 0.6 is 0 Å². The molecule has 0 atom stereocenters. The highest BCUT2D eigenvalue weighted by molar-refractivity contribution is 5.90. The maximum atomic E-state index is 12.3. The van der Waals surface area contributed by atoms with Crippen molar-refractivity contribution in [2.45, 2.75) is 27.0 Å². The Hall–Kier alpha value is -3.16. The molecule has 0 aliphatic carbocycles. The summed E-state index contributed by atoms with van der Waals surface area (Å²) in [6.45, 7) is 4.19. The lowest BCUT2D eigenvalue weighted by Crippen LogP contribution is -2.16. The number of aryl methyl sites for hydroxylation is 2. The Morgan fingerprint density at radius 2 is 2.12 bits per heavy atom. The van der Waals surface area contributed by atoms with Crippen LogP contribution in [-0.4, -0.2) is 30.8 Å². The molecule has 3 rings (SSSR count). The van der Waals surface area contributed by atoms with Crippen LogP contribution in [-0.2, 0) is 13.2 Å². The number of para-hydroxylation sites is 1. The Labute approximate surface area is 136 Å². The van der Waals surface area contributed by atoms with Gasteiger partial charge >= 0.3 is 5.97 Å². The smallest absolute Gasteiger partial charge is 0.339 e. The maximum Gasteiger partial charge on any atom is 0.339 e. The Bertz CT molecular complexity index is 974. The third-order valence-electron chi connectivity index (χ3n) is 3.60. The zero-order chi connectivity index (χ0) is 17.3. The van der Waals surface area contributed by atoms with Crippen molar-refractivity contribution in [2.24, 2.45) is 0 Å². The third kappa shape index (κ3) is 2.73. The van der Waals surface area contributed by atoms with E-state index in [1.807, 2.05) is 6.92 Å². The van der Waals surface area contributed by atoms with Crippen molar-refractivity contribution in [1.82, 2.24) is 19.7 Å². The van der Waals surface area contributed by atoms with E-state index in [1.165, 1.54) is 6.07 Å². The normalized spacial score (nSPS) is 10.9. The minimum Gasteiger partial charge on any atom is -0.485 e. The van der Waals surface area contributed by atoms with E-state index in [0.717, 1.165) is 0 Å². The molecule has 2 aromatic heterocycles. The first-order valence-electron chi connectivity index (χ1n) is 7.42. The summed E-state index contributed by atoms with van der Waals surface area (Å²) in [6, 6.07) is 6.30. The molecule has 2 N–H and O–H groups in total. The lowest BCUT2D eigenvalue weighted by atomic mass is 10.2. The predicted molar refractivity (Wildman–Crippen MR) is 86.3 cm³/mol. The number of hydrogen-bond acceptors (Lipinski definition) is 5. The summed E-state index contributed by atoms with van der Waals surface area (Å²) in [5, 5.41) is 13.4. The highest BCUT2D eigenvalue weighted by Gasteiger charge is 2.15. The first kappa shape index (κ1) is 15.7. The first-order chi connectivity index (χ1) is 11.5. The molecule has 0 radical (unpaired) electrons. The van der Waals surface area contributed by atoms with Crippen LogP contribution < -0.4 is 10.3 Å². The molecule has 2 heterocycles. The van der Waals surface area contributed by atoms with Gasteiger partial charge in [-0.1, -0.05) is 12.1 Å². The van der Waals surface area contributed by atoms with Crippen LogP contribution in [0.1, 0.15) is 28.8 Å².